The van der Waals surface area contributed by atoms with Crippen LogP contribution in [0, 0.1) is 0 Å². The van der Waals surface area contributed by atoms with E-state index in [2.05, 4.69) is 138 Å². The van der Waals surface area contributed by atoms with Crippen molar-refractivity contribution >= 4 is 52.3 Å². The number of nitrogens with two attached hydrogens (primary N) is 2. The van der Waals surface area contributed by atoms with Crippen molar-refractivity contribution in [3.8, 4) is 0 Å². The van der Waals surface area contributed by atoms with Crippen LogP contribution in [-0.4, -0.2) is 62.7 Å². The maximum absolute atomic E-state index is 5.93. The van der Waals surface area contributed by atoms with Gasteiger partial charge in [-0.25, -0.2) is 0 Å². The molecule has 0 bridgehead atoms. The molecule has 0 saturated heterocycles. The molecule has 0 fully saturated rings. The van der Waals surface area contributed by atoms with Crippen LogP contribution in [0.5, 0.6) is 0 Å². The zero-order valence-corrected chi connectivity index (χ0v) is 30.8. The summed E-state index contributed by atoms with van der Waals surface area (Å²) < 4.78 is 2.37. The van der Waals surface area contributed by atoms with Crippen LogP contribution in [0.2, 0.25) is 0 Å². The van der Waals surface area contributed by atoms with E-state index in [1.165, 1.54) is 65.8 Å². The Morgan fingerprint density at radius 1 is 0.578 bits per heavy atom. The van der Waals surface area contributed by atoms with Crippen molar-refractivity contribution < 1.29 is 4.48 Å². The van der Waals surface area contributed by atoms with Gasteiger partial charge in [0.15, 0.2) is 0 Å². The summed E-state index contributed by atoms with van der Waals surface area (Å²) in [5, 5.41) is 6.12. The molecule has 45 heavy (non-hydrogen) atoms. The summed E-state index contributed by atoms with van der Waals surface area (Å²) in [6, 6.07) is 43.0. The zero-order valence-electron chi connectivity index (χ0n) is 27.3. The molecule has 0 spiro atoms. The predicted octanol–water partition coefficient (Wildman–Crippen LogP) is 6.99. The Morgan fingerprint density at radius 3 is 1.58 bits per heavy atom. The second kappa shape index (κ2) is 19.0. The van der Waals surface area contributed by atoms with Crippen LogP contribution < -0.4 is 32.7 Å². The zero-order chi connectivity index (χ0) is 31.8. The second-order valence-electron chi connectivity index (χ2n) is 12.7. The summed E-state index contributed by atoms with van der Waals surface area (Å²) in [5.74, 6) is 0. The third-order valence-corrected chi connectivity index (χ3v) is 18.4. The van der Waals surface area contributed by atoms with Gasteiger partial charge in [-0.2, -0.15) is 0 Å². The fourth-order valence-corrected chi connectivity index (χ4v) is 16.0. The van der Waals surface area contributed by atoms with E-state index in [1.807, 2.05) is 0 Å². The molecule has 4 rings (SSSR count). The molecule has 242 valence electrons. The summed E-state index contributed by atoms with van der Waals surface area (Å²) in [5.41, 5.74) is 11.9. The van der Waals surface area contributed by atoms with Crippen molar-refractivity contribution in [2.45, 2.75) is 38.5 Å². The molecule has 6 heteroatoms. The summed E-state index contributed by atoms with van der Waals surface area (Å²) in [7, 11) is -0.00536. The number of hydrogen-bond acceptors (Lipinski definition) is 2. The third kappa shape index (κ3) is 10.6. The first-order valence-corrected chi connectivity index (χ1v) is 21.7. The van der Waals surface area contributed by atoms with Gasteiger partial charge in [0.05, 0.1) is 0 Å². The number of rotatable bonds is 20. The topological polar surface area (TPSA) is 52.0 Å². The van der Waals surface area contributed by atoms with Crippen molar-refractivity contribution in [1.29, 1.82) is 0 Å². The van der Waals surface area contributed by atoms with Gasteiger partial charge in [-0.15, -0.1) is 0 Å². The Morgan fingerprint density at radius 2 is 1.04 bits per heavy atom. The minimum atomic E-state index is -2.06. The van der Waals surface area contributed by atoms with Gasteiger partial charge in [0.2, 0.25) is 0 Å². The van der Waals surface area contributed by atoms with Gasteiger partial charge in [0, 0.05) is 0 Å². The standard InChI is InChI=1S/C39H55BrN3P2/c1-43(30-17-27-41,31-18-28-42)29-13-15-33-45(37-23-9-4-10-24-37,39-26-12-11-25-38(39)40)34-16-14-32-44(35-19-5-2-6-20-35)36-21-7-3-8-22-36/h2-12,19-26,45H,13-18,27-34,41-42H2,1H3/q+1. The number of quaternary nitrogens is 1. The molecule has 0 aliphatic rings. The molecule has 0 unspecified atom stereocenters. The van der Waals surface area contributed by atoms with Crippen molar-refractivity contribution in [1.82, 2.24) is 0 Å². The summed E-state index contributed by atoms with van der Waals surface area (Å²) in [4.78, 5) is 0. The van der Waals surface area contributed by atoms with Gasteiger partial charge < -0.3 is 0 Å². The van der Waals surface area contributed by atoms with E-state index >= 15 is 0 Å². The number of nitrogens with zero attached hydrogens (tertiary/aromatic N) is 1. The molecule has 4 aromatic rings. The van der Waals surface area contributed by atoms with E-state index in [4.69, 9.17) is 11.5 Å². The number of hydrogen-bond donors (Lipinski definition) is 2. The van der Waals surface area contributed by atoms with Crippen LogP contribution in [-0.2, 0) is 0 Å². The molecule has 0 radical (unpaired) electrons. The van der Waals surface area contributed by atoms with Gasteiger partial charge in [-0.1, -0.05) is 0 Å². The number of benzene rings is 4. The molecule has 0 atom stereocenters. The number of unbranched alkanes of at least 4 members (excludes halogenated alkanes) is 2. The van der Waals surface area contributed by atoms with E-state index in [0.29, 0.717) is 0 Å². The van der Waals surface area contributed by atoms with Crippen LogP contribution in [0.1, 0.15) is 38.5 Å². The van der Waals surface area contributed by atoms with E-state index in [1.54, 1.807) is 10.6 Å². The molecular formula is C39H55BrN3P2+. The Kier molecular flexibility index (Phi) is 15.2. The fraction of sp³-hybridized carbons (Fsp3) is 0.385. The Bertz CT molecular complexity index is 1330. The van der Waals surface area contributed by atoms with Crippen LogP contribution in [0.15, 0.2) is 120 Å². The van der Waals surface area contributed by atoms with Gasteiger partial charge in [0.1, 0.15) is 0 Å². The fourth-order valence-electron chi connectivity index (χ4n) is 6.97. The summed E-state index contributed by atoms with van der Waals surface area (Å²) in [6.07, 6.45) is 10.9. The molecule has 0 saturated carbocycles. The third-order valence-electron chi connectivity index (χ3n) is 9.44. The van der Waals surface area contributed by atoms with E-state index < -0.39 is 7.26 Å². The molecule has 4 aromatic carbocycles. The van der Waals surface area contributed by atoms with E-state index in [0.717, 1.165) is 43.5 Å². The second-order valence-corrected chi connectivity index (χ2v) is 20.2. The van der Waals surface area contributed by atoms with E-state index in [-0.39, 0.29) is 7.92 Å². The molecular weight excluding hydrogens is 652 g/mol. The molecule has 0 aromatic heterocycles. The average Bonchev–Trinajstić information content (AvgIpc) is 3.09. The molecule has 4 N–H and O–H groups in total. The van der Waals surface area contributed by atoms with Crippen LogP contribution >= 0.6 is 31.1 Å². The van der Waals surface area contributed by atoms with Gasteiger partial charge in [-0.3, -0.25) is 0 Å². The molecule has 0 heterocycles. The van der Waals surface area contributed by atoms with Gasteiger partial charge in [-0.05, 0) is 0 Å². The first kappa shape index (κ1) is 35.9. The van der Waals surface area contributed by atoms with Crippen LogP contribution in [0.3, 0.4) is 0 Å². The summed E-state index contributed by atoms with van der Waals surface area (Å²) >= 11 is 4.03. The Hall–Kier alpha value is -1.90. The monoisotopic (exact) mass is 706 g/mol. The van der Waals surface area contributed by atoms with Crippen molar-refractivity contribution in [3.05, 3.63) is 120 Å². The Labute approximate surface area is 283 Å². The first-order valence-electron chi connectivity index (χ1n) is 16.9. The first-order chi connectivity index (χ1) is 22.0. The van der Waals surface area contributed by atoms with Crippen molar-refractivity contribution in [3.63, 3.8) is 0 Å². The minimum absolute atomic E-state index is 0.364. The van der Waals surface area contributed by atoms with Crippen molar-refractivity contribution in [2.24, 2.45) is 11.5 Å². The molecule has 0 aliphatic carbocycles. The molecule has 0 aliphatic heterocycles. The van der Waals surface area contributed by atoms with Gasteiger partial charge in [0.25, 0.3) is 0 Å². The van der Waals surface area contributed by atoms with Gasteiger partial charge >= 0.3 is 285 Å². The van der Waals surface area contributed by atoms with Crippen LogP contribution in [0.25, 0.3) is 0 Å². The average molecular weight is 708 g/mol. The Balaban J connectivity index is 1.55. The SMILES string of the molecule is C[N+](CCCN)(CCCN)CCCC[PH](CCCCP(c1ccccc1)c1ccccc1)(c1ccccc1)c1ccccc1Br. The normalized spacial score (nSPS) is 12.5. The molecule has 3 nitrogen and oxygen atoms in total. The summed E-state index contributed by atoms with van der Waals surface area (Å²) in [6.45, 7) is 5.02. The van der Waals surface area contributed by atoms with E-state index in [9.17, 15) is 0 Å². The predicted molar refractivity (Wildman–Crippen MR) is 208 cm³/mol. The quantitative estimate of drug-likeness (QED) is 0.0592. The van der Waals surface area contributed by atoms with Crippen molar-refractivity contribution in [2.75, 3.05) is 58.3 Å². The number of halogens is 1. The van der Waals surface area contributed by atoms with Crippen LogP contribution in [0.4, 0.5) is 0 Å². The maximum atomic E-state index is 5.93. The molecule has 0 amide bonds.